The van der Waals surface area contributed by atoms with Gasteiger partial charge in [0.05, 0.1) is 6.10 Å². The first kappa shape index (κ1) is 26.4. The van der Waals surface area contributed by atoms with E-state index < -0.39 is 5.51 Å². The van der Waals surface area contributed by atoms with Gasteiger partial charge in [0.1, 0.15) is 5.65 Å². The van der Waals surface area contributed by atoms with E-state index in [4.69, 9.17) is 5.11 Å². The maximum Gasteiger partial charge on any atom is 0.456 e. The minimum Gasteiger partial charge on any atom is -0.393 e. The molecule has 4 rings (SSSR count). The van der Waals surface area contributed by atoms with Crippen molar-refractivity contribution in [3.05, 3.63) is 28.2 Å². The number of hydrogen-bond donors (Lipinski definition) is 3. The first-order valence-corrected chi connectivity index (χ1v) is 11.8. The van der Waals surface area contributed by atoms with E-state index in [1.165, 1.54) is 17.1 Å². The standard InChI is InChI=1S/C14H16F3N5OS.C5H10O.C2H6/c1-8-6-9-7-18-13(21-11(9)20-12(8)23)19-10-2-4-22(5-3-10)24-14(15,16)17;6-5-3-1-2-4-5;1-2/h6-7,10H,2-5H2,1H3,(H2,18,19,20,21,23);5-6H,1-4H2;1-2H3. The molecule has 1 saturated heterocycles. The number of aliphatic hydroxyl groups excluding tert-OH is 1. The lowest BCUT2D eigenvalue weighted by atomic mass is 10.1. The summed E-state index contributed by atoms with van der Waals surface area (Å²) in [6, 6.07) is 1.72. The molecule has 7 nitrogen and oxygen atoms in total. The van der Waals surface area contributed by atoms with Crippen LogP contribution in [0.3, 0.4) is 0 Å². The van der Waals surface area contributed by atoms with Gasteiger partial charge < -0.3 is 15.4 Å². The summed E-state index contributed by atoms with van der Waals surface area (Å²) in [7, 11) is 0. The number of hydrogen-bond acceptors (Lipinski definition) is 7. The molecule has 2 aliphatic rings. The van der Waals surface area contributed by atoms with Crippen molar-refractivity contribution in [2.24, 2.45) is 0 Å². The number of piperidine rings is 1. The van der Waals surface area contributed by atoms with E-state index >= 15 is 0 Å². The van der Waals surface area contributed by atoms with Crippen LogP contribution < -0.4 is 10.9 Å². The molecule has 0 unspecified atom stereocenters. The number of alkyl halides is 3. The number of H-pyrrole nitrogens is 1. The van der Waals surface area contributed by atoms with E-state index in [2.05, 4.69) is 20.3 Å². The van der Waals surface area contributed by atoms with Gasteiger partial charge in [-0.05, 0) is 38.7 Å². The van der Waals surface area contributed by atoms with Crippen LogP contribution in [-0.4, -0.2) is 55.1 Å². The lowest BCUT2D eigenvalue weighted by Gasteiger charge is -2.31. The molecule has 180 valence electrons. The normalized spacial score (nSPS) is 18.0. The van der Waals surface area contributed by atoms with Gasteiger partial charge in [-0.2, -0.15) is 18.2 Å². The fourth-order valence-electron chi connectivity index (χ4n) is 3.50. The zero-order chi connectivity index (χ0) is 23.7. The van der Waals surface area contributed by atoms with E-state index in [0.29, 0.717) is 43.1 Å². The summed E-state index contributed by atoms with van der Waals surface area (Å²) in [5.74, 6) is 0.365. The van der Waals surface area contributed by atoms with Crippen molar-refractivity contribution in [3.8, 4) is 0 Å². The number of rotatable bonds is 3. The van der Waals surface area contributed by atoms with Gasteiger partial charge in [0.2, 0.25) is 5.95 Å². The van der Waals surface area contributed by atoms with Gasteiger partial charge in [0.25, 0.3) is 5.56 Å². The number of halogens is 3. The third kappa shape index (κ3) is 8.59. The lowest BCUT2D eigenvalue weighted by molar-refractivity contribution is -0.0366. The number of nitrogens with one attached hydrogen (secondary N) is 2. The van der Waals surface area contributed by atoms with Crippen LogP contribution in [0.2, 0.25) is 0 Å². The van der Waals surface area contributed by atoms with Crippen LogP contribution in [0.15, 0.2) is 17.1 Å². The molecule has 0 radical (unpaired) electrons. The van der Waals surface area contributed by atoms with E-state index in [9.17, 15) is 18.0 Å². The molecule has 0 amide bonds. The van der Waals surface area contributed by atoms with Gasteiger partial charge in [0, 0.05) is 48.2 Å². The number of aryl methyl sites for hydroxylation is 1. The van der Waals surface area contributed by atoms with E-state index in [-0.39, 0.29) is 29.7 Å². The van der Waals surface area contributed by atoms with E-state index in [0.717, 1.165) is 18.2 Å². The molecule has 0 bridgehead atoms. The Morgan fingerprint density at radius 1 is 1.19 bits per heavy atom. The highest BCUT2D eigenvalue weighted by Gasteiger charge is 2.34. The second-order valence-electron chi connectivity index (χ2n) is 7.60. The number of anilines is 1. The molecule has 2 aromatic heterocycles. The lowest BCUT2D eigenvalue weighted by Crippen LogP contribution is -2.37. The molecule has 0 aromatic carbocycles. The molecule has 1 saturated carbocycles. The summed E-state index contributed by atoms with van der Waals surface area (Å²) < 4.78 is 38.4. The number of aliphatic hydroxyl groups is 1. The Morgan fingerprint density at radius 2 is 1.81 bits per heavy atom. The Labute approximate surface area is 190 Å². The molecule has 3 N–H and O–H groups in total. The Kier molecular flexibility index (Phi) is 10.2. The van der Waals surface area contributed by atoms with Crippen LogP contribution >= 0.6 is 11.9 Å². The number of aromatic amines is 1. The molecule has 3 heterocycles. The summed E-state index contributed by atoms with van der Waals surface area (Å²) in [4.78, 5) is 22.8. The predicted octanol–water partition coefficient (Wildman–Crippen LogP) is 4.62. The smallest absolute Gasteiger partial charge is 0.393 e. The van der Waals surface area contributed by atoms with Gasteiger partial charge in [0.15, 0.2) is 0 Å². The molecular formula is C21H32F3N5O2S. The summed E-state index contributed by atoms with van der Waals surface area (Å²) >= 11 is -0.0746. The number of fused-ring (bicyclic) bond motifs is 1. The van der Waals surface area contributed by atoms with Crippen molar-refractivity contribution < 1.29 is 18.3 Å². The van der Waals surface area contributed by atoms with Gasteiger partial charge in [-0.1, -0.05) is 26.7 Å². The summed E-state index contributed by atoms with van der Waals surface area (Å²) in [5.41, 5.74) is -3.43. The van der Waals surface area contributed by atoms with Gasteiger partial charge in [-0.15, -0.1) is 0 Å². The number of pyridine rings is 1. The van der Waals surface area contributed by atoms with Crippen molar-refractivity contribution in [3.63, 3.8) is 0 Å². The highest BCUT2D eigenvalue weighted by Crippen LogP contribution is 2.35. The van der Waals surface area contributed by atoms with Crippen molar-refractivity contribution >= 4 is 28.9 Å². The van der Waals surface area contributed by atoms with Crippen molar-refractivity contribution in [1.82, 2.24) is 19.3 Å². The quantitative estimate of drug-likeness (QED) is 0.558. The monoisotopic (exact) mass is 475 g/mol. The molecule has 1 aliphatic carbocycles. The fourth-order valence-corrected chi connectivity index (χ4v) is 4.18. The highest BCUT2D eigenvalue weighted by atomic mass is 32.2. The molecule has 1 aliphatic heterocycles. The first-order chi connectivity index (χ1) is 15.2. The maximum absolute atomic E-state index is 12.4. The molecule has 2 fully saturated rings. The van der Waals surface area contributed by atoms with Crippen LogP contribution in [0, 0.1) is 6.92 Å². The second kappa shape index (κ2) is 12.4. The highest BCUT2D eigenvalue weighted by molar-refractivity contribution is 7.97. The van der Waals surface area contributed by atoms with Crippen LogP contribution in [0.25, 0.3) is 11.0 Å². The maximum atomic E-state index is 12.4. The summed E-state index contributed by atoms with van der Waals surface area (Å²) in [6.45, 7) is 6.38. The SMILES string of the molecule is CC.Cc1cc2cnc(NC3CCN(SC(F)(F)F)CC3)nc2[nH]c1=O.OC1CCCC1. The number of nitrogens with zero attached hydrogens (tertiary/aromatic N) is 3. The van der Waals surface area contributed by atoms with E-state index in [1.807, 2.05) is 13.8 Å². The van der Waals surface area contributed by atoms with Crippen LogP contribution in [0.1, 0.15) is 57.9 Å². The zero-order valence-electron chi connectivity index (χ0n) is 18.7. The molecule has 0 spiro atoms. The van der Waals surface area contributed by atoms with E-state index in [1.54, 1.807) is 19.2 Å². The average molecular weight is 476 g/mol. The topological polar surface area (TPSA) is 94.1 Å². The van der Waals surface area contributed by atoms with Crippen molar-refractivity contribution in [2.75, 3.05) is 18.4 Å². The third-order valence-electron chi connectivity index (χ3n) is 5.12. The predicted molar refractivity (Wildman–Crippen MR) is 123 cm³/mol. The average Bonchev–Trinajstić information content (AvgIpc) is 3.22. The van der Waals surface area contributed by atoms with Gasteiger partial charge in [-0.3, -0.25) is 4.79 Å². The van der Waals surface area contributed by atoms with Gasteiger partial charge >= 0.3 is 5.51 Å². The zero-order valence-corrected chi connectivity index (χ0v) is 19.5. The molecule has 11 heteroatoms. The Morgan fingerprint density at radius 3 is 2.34 bits per heavy atom. The number of aromatic nitrogens is 3. The summed E-state index contributed by atoms with van der Waals surface area (Å²) in [5, 5.41) is 12.6. The second-order valence-corrected chi connectivity index (χ2v) is 8.76. The van der Waals surface area contributed by atoms with Crippen molar-refractivity contribution in [1.29, 1.82) is 0 Å². The summed E-state index contributed by atoms with van der Waals surface area (Å²) in [6.07, 6.45) is 7.35. The fraction of sp³-hybridized carbons (Fsp3) is 0.667. The minimum atomic E-state index is -4.24. The van der Waals surface area contributed by atoms with Crippen molar-refractivity contribution in [2.45, 2.75) is 77.0 Å². The minimum absolute atomic E-state index is 0.00436. The molecule has 32 heavy (non-hydrogen) atoms. The van der Waals surface area contributed by atoms with Gasteiger partial charge in [-0.25, -0.2) is 9.29 Å². The van der Waals surface area contributed by atoms with Crippen LogP contribution in [0.5, 0.6) is 0 Å². The first-order valence-electron chi connectivity index (χ1n) is 11.0. The Balaban J connectivity index is 0.000000387. The van der Waals surface area contributed by atoms with Crippen LogP contribution in [0.4, 0.5) is 19.1 Å². The van der Waals surface area contributed by atoms with Crippen LogP contribution in [-0.2, 0) is 0 Å². The third-order valence-corrected chi connectivity index (χ3v) is 5.95. The Hall–Kier alpha value is -1.85. The molecular weight excluding hydrogens is 443 g/mol. The Bertz CT molecular complexity index is 895. The largest absolute Gasteiger partial charge is 0.456 e. The molecule has 0 atom stereocenters. The molecule has 2 aromatic rings.